The molecule has 1 unspecified atom stereocenters. The molecule has 0 fully saturated rings. The van der Waals surface area contributed by atoms with Crippen molar-refractivity contribution < 1.29 is 27.1 Å². The van der Waals surface area contributed by atoms with Gasteiger partial charge >= 0.3 is 6.18 Å². The van der Waals surface area contributed by atoms with Crippen LogP contribution in [-0.2, 0) is 10.3 Å². The van der Waals surface area contributed by atoms with Crippen LogP contribution in [0.4, 0.5) is 23.2 Å². The van der Waals surface area contributed by atoms with Crippen molar-refractivity contribution >= 4 is 29.8 Å². The lowest BCUT2D eigenvalue weighted by atomic mass is 9.85. The number of nitrogens with two attached hydrogens (primary N) is 1. The lowest BCUT2D eigenvalue weighted by Gasteiger charge is -2.32. The van der Waals surface area contributed by atoms with Gasteiger partial charge in [0.2, 0.25) is 0 Å². The fraction of sp³-hybridized carbons (Fsp3) is 0.263. The van der Waals surface area contributed by atoms with E-state index in [0.717, 1.165) is 18.2 Å². The van der Waals surface area contributed by atoms with E-state index in [1.54, 1.807) is 0 Å². The highest BCUT2D eigenvalue weighted by Crippen LogP contribution is 2.47. The highest BCUT2D eigenvalue weighted by Gasteiger charge is 2.58. The number of nitrogens with one attached hydrogen (secondary N) is 1. The third kappa shape index (κ3) is 4.92. The molecule has 0 saturated heterocycles. The van der Waals surface area contributed by atoms with Crippen LogP contribution in [0.1, 0.15) is 28.0 Å². The van der Waals surface area contributed by atoms with E-state index in [9.17, 15) is 22.4 Å². The molecular weight excluding hydrogens is 442 g/mol. The minimum Gasteiger partial charge on any atom is -0.385 e. The molecule has 12 heteroatoms. The zero-order valence-electron chi connectivity index (χ0n) is 15.7. The molecule has 1 amide bonds. The van der Waals surface area contributed by atoms with E-state index >= 15 is 0 Å². The molecular formula is C19H16ClF4N5O2. The van der Waals surface area contributed by atoms with Gasteiger partial charge in [0.15, 0.2) is 5.54 Å². The second kappa shape index (κ2) is 9.28. The summed E-state index contributed by atoms with van der Waals surface area (Å²) in [5.74, 6) is -2.31. The number of nitrogens with zero attached hydrogens (tertiary/aromatic N) is 3. The van der Waals surface area contributed by atoms with Crippen LogP contribution in [0.3, 0.4) is 0 Å². The van der Waals surface area contributed by atoms with Gasteiger partial charge in [-0.2, -0.15) is 18.4 Å². The fourth-order valence-corrected chi connectivity index (χ4v) is 2.99. The molecule has 0 spiro atoms. The molecule has 1 aliphatic heterocycles. The lowest BCUT2D eigenvalue weighted by Crippen LogP contribution is -2.43. The smallest absolute Gasteiger partial charge is 0.385 e. The Morgan fingerprint density at radius 1 is 1.29 bits per heavy atom. The van der Waals surface area contributed by atoms with Crippen molar-refractivity contribution in [1.29, 1.82) is 5.26 Å². The Hall–Kier alpha value is -3.23. The van der Waals surface area contributed by atoms with Crippen molar-refractivity contribution in [3.8, 4) is 6.07 Å². The number of halogens is 5. The highest BCUT2D eigenvalue weighted by atomic mass is 35.5. The minimum atomic E-state index is -4.97. The van der Waals surface area contributed by atoms with Crippen LogP contribution < -0.4 is 11.1 Å². The van der Waals surface area contributed by atoms with Gasteiger partial charge in [-0.05, 0) is 30.3 Å². The summed E-state index contributed by atoms with van der Waals surface area (Å²) in [6, 6.07) is 7.28. The van der Waals surface area contributed by atoms with Crippen molar-refractivity contribution in [2.24, 2.45) is 10.7 Å². The summed E-state index contributed by atoms with van der Waals surface area (Å²) in [6.07, 6.45) is -4.47. The number of benzene rings is 1. The van der Waals surface area contributed by atoms with E-state index < -0.39 is 41.3 Å². The van der Waals surface area contributed by atoms with Gasteiger partial charge in [0, 0.05) is 23.9 Å². The topological polar surface area (TPSA) is 113 Å². The number of carbonyl (C=O) groups excluding carboxylic acids is 1. The standard InChI is InChI=1S/C19H15F4N5O2.ClH/c20-14-3-2-12(27-17(29)15-4-1-11(8-24)9-26-15)7-13(14)18(19(21,22)23)5-6-30-10-16(25)28-18;/h1-4,7,9H,5-6,10H2,(H2,25,28)(H,27,29);1H. The van der Waals surface area contributed by atoms with Gasteiger partial charge in [0.1, 0.15) is 30.0 Å². The monoisotopic (exact) mass is 457 g/mol. The molecule has 1 aliphatic rings. The van der Waals surface area contributed by atoms with Gasteiger partial charge in [0.25, 0.3) is 5.91 Å². The summed E-state index contributed by atoms with van der Waals surface area (Å²) >= 11 is 0. The first-order chi connectivity index (χ1) is 14.2. The maximum Gasteiger partial charge on any atom is 0.418 e. The SMILES string of the molecule is Cl.N#Cc1ccc(C(=O)Nc2ccc(F)c(C3(C(F)(F)F)CCOCC(N)=N3)c2)nc1. The maximum absolute atomic E-state index is 14.5. The zero-order chi connectivity index (χ0) is 21.9. The number of rotatable bonds is 3. The molecule has 3 rings (SSSR count). The first-order valence-electron chi connectivity index (χ1n) is 8.62. The van der Waals surface area contributed by atoms with Crippen molar-refractivity contribution in [2.75, 3.05) is 18.5 Å². The minimum absolute atomic E-state index is 0. The maximum atomic E-state index is 14.5. The van der Waals surface area contributed by atoms with Crippen molar-refractivity contribution in [1.82, 2.24) is 4.98 Å². The second-order valence-electron chi connectivity index (χ2n) is 6.46. The number of alkyl halides is 3. The summed E-state index contributed by atoms with van der Waals surface area (Å²) in [6.45, 7) is -0.644. The molecule has 0 bridgehead atoms. The molecule has 2 aromatic rings. The number of pyridine rings is 1. The van der Waals surface area contributed by atoms with E-state index in [-0.39, 0.29) is 42.6 Å². The Morgan fingerprint density at radius 3 is 2.65 bits per heavy atom. The quantitative estimate of drug-likeness (QED) is 0.686. The molecule has 164 valence electrons. The fourth-order valence-electron chi connectivity index (χ4n) is 2.99. The average Bonchev–Trinajstić information content (AvgIpc) is 2.91. The number of aromatic nitrogens is 1. The van der Waals surface area contributed by atoms with Crippen molar-refractivity contribution in [2.45, 2.75) is 18.1 Å². The largest absolute Gasteiger partial charge is 0.418 e. The molecule has 1 aromatic heterocycles. The number of amidine groups is 1. The van der Waals surface area contributed by atoms with Crippen LogP contribution in [0.5, 0.6) is 0 Å². The summed E-state index contributed by atoms with van der Waals surface area (Å²) in [7, 11) is 0. The van der Waals surface area contributed by atoms with Crippen molar-refractivity contribution in [3.63, 3.8) is 0 Å². The predicted molar refractivity (Wildman–Crippen MR) is 105 cm³/mol. The molecule has 1 aromatic carbocycles. The van der Waals surface area contributed by atoms with Crippen LogP contribution in [-0.4, -0.2) is 36.1 Å². The second-order valence-corrected chi connectivity index (χ2v) is 6.46. The number of hydrogen-bond acceptors (Lipinski definition) is 6. The van der Waals surface area contributed by atoms with Crippen molar-refractivity contribution in [3.05, 3.63) is 59.2 Å². The number of aliphatic imine (C=N–C) groups is 1. The van der Waals surface area contributed by atoms with Gasteiger partial charge < -0.3 is 15.8 Å². The Labute approximate surface area is 180 Å². The average molecular weight is 458 g/mol. The van der Waals surface area contributed by atoms with Gasteiger partial charge in [0.05, 0.1) is 12.2 Å². The van der Waals surface area contributed by atoms with Gasteiger partial charge in [-0.25, -0.2) is 14.4 Å². The van der Waals surface area contributed by atoms with E-state index in [4.69, 9.17) is 15.7 Å². The van der Waals surface area contributed by atoms with Gasteiger partial charge in [-0.15, -0.1) is 12.4 Å². The number of carbonyl (C=O) groups is 1. The molecule has 0 saturated carbocycles. The number of hydrogen-bond donors (Lipinski definition) is 2. The molecule has 0 aliphatic carbocycles. The summed E-state index contributed by atoms with van der Waals surface area (Å²) in [5.41, 5.74) is 1.84. The third-order valence-electron chi connectivity index (χ3n) is 4.46. The molecule has 0 radical (unpaired) electrons. The number of ether oxygens (including phenoxy) is 1. The van der Waals surface area contributed by atoms with E-state index in [0.29, 0.717) is 0 Å². The van der Waals surface area contributed by atoms with E-state index in [1.807, 2.05) is 6.07 Å². The number of anilines is 1. The van der Waals surface area contributed by atoms with Gasteiger partial charge in [-0.3, -0.25) is 4.79 Å². The summed E-state index contributed by atoms with van der Waals surface area (Å²) in [5, 5.41) is 11.1. The van der Waals surface area contributed by atoms with Crippen LogP contribution in [0.15, 0.2) is 41.5 Å². The highest BCUT2D eigenvalue weighted by molar-refractivity contribution is 6.02. The van der Waals surface area contributed by atoms with E-state index in [2.05, 4.69) is 15.3 Å². The molecule has 1 atom stereocenters. The number of amides is 1. The van der Waals surface area contributed by atoms with Gasteiger partial charge in [-0.1, -0.05) is 0 Å². The van der Waals surface area contributed by atoms with Crippen LogP contribution in [0.2, 0.25) is 0 Å². The normalized spacial score (nSPS) is 18.7. The molecule has 7 nitrogen and oxygen atoms in total. The van der Waals surface area contributed by atoms with E-state index in [1.165, 1.54) is 18.3 Å². The molecule has 2 heterocycles. The molecule has 3 N–H and O–H groups in total. The predicted octanol–water partition coefficient (Wildman–Crippen LogP) is 3.30. The lowest BCUT2D eigenvalue weighted by molar-refractivity contribution is -0.193. The summed E-state index contributed by atoms with van der Waals surface area (Å²) < 4.78 is 61.7. The first-order valence-corrected chi connectivity index (χ1v) is 8.62. The van der Waals surface area contributed by atoms with Crippen LogP contribution in [0.25, 0.3) is 0 Å². The summed E-state index contributed by atoms with van der Waals surface area (Å²) in [4.78, 5) is 19.7. The Kier molecular flexibility index (Phi) is 7.20. The third-order valence-corrected chi connectivity index (χ3v) is 4.46. The zero-order valence-corrected chi connectivity index (χ0v) is 16.6. The van der Waals surface area contributed by atoms with Crippen LogP contribution in [0, 0.1) is 17.1 Å². The Balaban J connectivity index is 0.00000341. The van der Waals surface area contributed by atoms with Crippen LogP contribution >= 0.6 is 12.4 Å². The Morgan fingerprint density at radius 2 is 2.03 bits per heavy atom. The first kappa shape index (κ1) is 24.0. The number of nitriles is 1. The molecule has 31 heavy (non-hydrogen) atoms. The Bertz CT molecular complexity index is 1040.